The average molecular weight is 326 g/mol. The van der Waals surface area contributed by atoms with E-state index in [2.05, 4.69) is 60.0 Å². The van der Waals surface area contributed by atoms with E-state index < -0.39 is 0 Å². The van der Waals surface area contributed by atoms with Crippen LogP contribution in [0.15, 0.2) is 21.8 Å². The summed E-state index contributed by atoms with van der Waals surface area (Å²) < 4.78 is 0.335. The number of aliphatic imine (C=N–C) groups is 1. The Balaban J connectivity index is 1.86. The van der Waals surface area contributed by atoms with Crippen LogP contribution in [0.2, 0.25) is 0 Å². The molecule has 0 radical (unpaired) electrons. The van der Waals surface area contributed by atoms with Crippen LogP contribution < -0.4 is 10.6 Å². The Bertz CT molecular complexity index is 436. The Morgan fingerprint density at radius 3 is 2.95 bits per heavy atom. The van der Waals surface area contributed by atoms with Crippen molar-refractivity contribution < 1.29 is 0 Å². The topological polar surface area (TPSA) is 36.4 Å². The van der Waals surface area contributed by atoms with Gasteiger partial charge in [0.15, 0.2) is 5.96 Å². The third-order valence-corrected chi connectivity index (χ3v) is 6.13. The Labute approximate surface area is 137 Å². The monoisotopic (exact) mass is 325 g/mol. The van der Waals surface area contributed by atoms with Crippen molar-refractivity contribution in [2.75, 3.05) is 25.4 Å². The second-order valence-corrected chi connectivity index (χ2v) is 8.40. The summed E-state index contributed by atoms with van der Waals surface area (Å²) >= 11 is 3.83. The van der Waals surface area contributed by atoms with Crippen molar-refractivity contribution in [1.82, 2.24) is 10.6 Å². The summed E-state index contributed by atoms with van der Waals surface area (Å²) in [7, 11) is 0. The summed E-state index contributed by atoms with van der Waals surface area (Å²) in [6, 6.07) is 2.21. The third kappa shape index (κ3) is 5.22. The van der Waals surface area contributed by atoms with Crippen LogP contribution in [0.25, 0.3) is 0 Å². The molecule has 1 aliphatic heterocycles. The Hall–Kier alpha value is -0.680. The molecule has 0 bridgehead atoms. The first kappa shape index (κ1) is 16.7. The first-order valence-corrected chi connectivity index (χ1v) is 9.74. The van der Waals surface area contributed by atoms with Crippen molar-refractivity contribution in [3.05, 3.63) is 22.4 Å². The van der Waals surface area contributed by atoms with Crippen LogP contribution in [0.1, 0.15) is 45.1 Å². The molecule has 0 saturated carbocycles. The van der Waals surface area contributed by atoms with Crippen molar-refractivity contribution >= 4 is 29.1 Å². The van der Waals surface area contributed by atoms with Gasteiger partial charge in [-0.2, -0.15) is 23.1 Å². The van der Waals surface area contributed by atoms with Gasteiger partial charge in [-0.1, -0.05) is 6.92 Å². The van der Waals surface area contributed by atoms with Gasteiger partial charge in [0.1, 0.15) is 0 Å². The average Bonchev–Trinajstić information content (AvgIpc) is 3.13. The fraction of sp³-hybridized carbons (Fsp3) is 0.688. The molecule has 1 aromatic heterocycles. The molecule has 2 rings (SSSR count). The minimum absolute atomic E-state index is 0.335. The van der Waals surface area contributed by atoms with Gasteiger partial charge < -0.3 is 10.6 Å². The molecule has 0 aromatic carbocycles. The van der Waals surface area contributed by atoms with E-state index in [9.17, 15) is 0 Å². The molecular formula is C16H27N3S2. The number of nitrogens with one attached hydrogen (secondary N) is 2. The number of nitrogens with zero attached hydrogens (tertiary/aromatic N) is 1. The summed E-state index contributed by atoms with van der Waals surface area (Å²) in [4.78, 5) is 4.80. The molecule has 2 heterocycles. The van der Waals surface area contributed by atoms with Gasteiger partial charge in [0.25, 0.3) is 0 Å². The highest BCUT2D eigenvalue weighted by molar-refractivity contribution is 8.00. The summed E-state index contributed by atoms with van der Waals surface area (Å²) in [5, 5.41) is 11.2. The lowest BCUT2D eigenvalue weighted by Crippen LogP contribution is -2.40. The first-order chi connectivity index (χ1) is 10.1. The van der Waals surface area contributed by atoms with Crippen molar-refractivity contribution in [3.8, 4) is 0 Å². The number of rotatable bonds is 6. The zero-order valence-corrected chi connectivity index (χ0v) is 14.9. The van der Waals surface area contributed by atoms with Gasteiger partial charge in [-0.05, 0) is 60.7 Å². The smallest absolute Gasteiger partial charge is 0.191 e. The van der Waals surface area contributed by atoms with Gasteiger partial charge >= 0.3 is 0 Å². The molecule has 2 atom stereocenters. The molecule has 0 aliphatic carbocycles. The van der Waals surface area contributed by atoms with E-state index in [1.807, 2.05) is 0 Å². The lowest BCUT2D eigenvalue weighted by atomic mass is 10.1. The van der Waals surface area contributed by atoms with Crippen LogP contribution in [0, 0.1) is 0 Å². The highest BCUT2D eigenvalue weighted by Gasteiger charge is 2.29. The number of thiophene rings is 1. The predicted octanol–water partition coefficient (Wildman–Crippen LogP) is 3.69. The fourth-order valence-electron chi connectivity index (χ4n) is 2.47. The molecular weight excluding hydrogens is 298 g/mol. The molecule has 1 aromatic rings. The summed E-state index contributed by atoms with van der Waals surface area (Å²) in [6.07, 6.45) is 2.61. The van der Waals surface area contributed by atoms with Crippen molar-refractivity contribution in [2.24, 2.45) is 4.99 Å². The van der Waals surface area contributed by atoms with E-state index >= 15 is 0 Å². The SMILES string of the molecule is CCNC(=NCC1(C)CCCS1)NCC(C)c1ccsc1. The Kier molecular flexibility index (Phi) is 6.42. The Morgan fingerprint density at radius 1 is 1.48 bits per heavy atom. The fourth-order valence-corrected chi connectivity index (χ4v) is 4.48. The van der Waals surface area contributed by atoms with E-state index in [1.54, 1.807) is 11.3 Å². The summed E-state index contributed by atoms with van der Waals surface area (Å²) in [5.41, 5.74) is 1.40. The van der Waals surface area contributed by atoms with E-state index in [1.165, 1.54) is 24.2 Å². The normalized spacial score (nSPS) is 24.0. The number of guanidine groups is 1. The molecule has 3 nitrogen and oxygen atoms in total. The van der Waals surface area contributed by atoms with Gasteiger partial charge in [0, 0.05) is 17.8 Å². The van der Waals surface area contributed by atoms with Crippen LogP contribution in [0.5, 0.6) is 0 Å². The molecule has 1 saturated heterocycles. The molecule has 1 fully saturated rings. The third-order valence-electron chi connectivity index (χ3n) is 3.90. The van der Waals surface area contributed by atoms with E-state index in [-0.39, 0.29) is 0 Å². The van der Waals surface area contributed by atoms with Gasteiger partial charge in [-0.25, -0.2) is 0 Å². The highest BCUT2D eigenvalue weighted by Crippen LogP contribution is 2.37. The standard InChI is InChI=1S/C16H27N3S2/c1-4-17-15(19-12-16(3)7-5-8-21-16)18-10-13(2)14-6-9-20-11-14/h6,9,11,13H,4-5,7-8,10,12H2,1-3H3,(H2,17,18,19). The molecule has 5 heteroatoms. The predicted molar refractivity (Wildman–Crippen MR) is 96.8 cm³/mol. The zero-order chi connectivity index (χ0) is 15.1. The molecule has 2 unspecified atom stereocenters. The molecule has 0 spiro atoms. The molecule has 21 heavy (non-hydrogen) atoms. The zero-order valence-electron chi connectivity index (χ0n) is 13.3. The Morgan fingerprint density at radius 2 is 2.33 bits per heavy atom. The van der Waals surface area contributed by atoms with E-state index in [0.717, 1.165) is 25.6 Å². The minimum atomic E-state index is 0.335. The lowest BCUT2D eigenvalue weighted by Gasteiger charge is -2.21. The van der Waals surface area contributed by atoms with Gasteiger partial charge in [-0.3, -0.25) is 4.99 Å². The van der Waals surface area contributed by atoms with Crippen molar-refractivity contribution in [1.29, 1.82) is 0 Å². The number of thioether (sulfide) groups is 1. The van der Waals surface area contributed by atoms with Gasteiger partial charge in [0.05, 0.1) is 6.54 Å². The minimum Gasteiger partial charge on any atom is -0.357 e. The van der Waals surface area contributed by atoms with Crippen molar-refractivity contribution in [3.63, 3.8) is 0 Å². The van der Waals surface area contributed by atoms with Crippen LogP contribution in [0.3, 0.4) is 0 Å². The largest absolute Gasteiger partial charge is 0.357 e. The highest BCUT2D eigenvalue weighted by atomic mass is 32.2. The van der Waals surface area contributed by atoms with E-state index in [4.69, 9.17) is 4.99 Å². The first-order valence-electron chi connectivity index (χ1n) is 7.81. The maximum Gasteiger partial charge on any atom is 0.191 e. The second-order valence-electron chi connectivity index (χ2n) is 5.94. The van der Waals surface area contributed by atoms with E-state index in [0.29, 0.717) is 10.7 Å². The number of hydrogen-bond acceptors (Lipinski definition) is 3. The van der Waals surface area contributed by atoms with Gasteiger partial charge in [0.2, 0.25) is 0 Å². The lowest BCUT2D eigenvalue weighted by molar-refractivity contribution is 0.612. The van der Waals surface area contributed by atoms with Crippen LogP contribution in [0.4, 0.5) is 0 Å². The van der Waals surface area contributed by atoms with Crippen LogP contribution in [-0.2, 0) is 0 Å². The van der Waals surface area contributed by atoms with Crippen molar-refractivity contribution in [2.45, 2.75) is 44.3 Å². The summed E-state index contributed by atoms with van der Waals surface area (Å²) in [6.45, 7) is 9.44. The maximum atomic E-state index is 4.80. The molecule has 0 amide bonds. The molecule has 1 aliphatic rings. The van der Waals surface area contributed by atoms with Gasteiger partial charge in [-0.15, -0.1) is 0 Å². The van der Waals surface area contributed by atoms with Crippen LogP contribution in [-0.4, -0.2) is 36.1 Å². The molecule has 118 valence electrons. The quantitative estimate of drug-likeness (QED) is 0.618. The maximum absolute atomic E-state index is 4.80. The van der Waals surface area contributed by atoms with Crippen LogP contribution >= 0.6 is 23.1 Å². The summed E-state index contributed by atoms with van der Waals surface area (Å²) in [5.74, 6) is 2.75. The number of hydrogen-bond donors (Lipinski definition) is 2. The molecule has 2 N–H and O–H groups in total. The second kappa shape index (κ2) is 8.08.